The van der Waals surface area contributed by atoms with Gasteiger partial charge in [0.15, 0.2) is 0 Å². The smallest absolute Gasteiger partial charge is 0.246 e. The number of hydrogen-bond donors (Lipinski definition) is 1. The van der Waals surface area contributed by atoms with Crippen molar-refractivity contribution in [3.63, 3.8) is 0 Å². The molecule has 0 unspecified atom stereocenters. The van der Waals surface area contributed by atoms with Crippen molar-refractivity contribution in [2.45, 2.75) is 18.4 Å². The highest BCUT2D eigenvalue weighted by Crippen LogP contribution is 2.22. The maximum Gasteiger partial charge on any atom is 0.246 e. The first-order valence-corrected chi connectivity index (χ1v) is 8.57. The first-order chi connectivity index (χ1) is 9.95. The second-order valence-electron chi connectivity index (χ2n) is 5.25. The quantitative estimate of drug-likeness (QED) is 0.876. The Morgan fingerprint density at radius 1 is 1.24 bits per heavy atom. The Kier molecular flexibility index (Phi) is 5.32. The van der Waals surface area contributed by atoms with Crippen molar-refractivity contribution in [2.24, 2.45) is 0 Å². The molecule has 1 aliphatic heterocycles. The third-order valence-electron chi connectivity index (χ3n) is 3.65. The summed E-state index contributed by atoms with van der Waals surface area (Å²) in [5.74, 6) is -0.686. The highest BCUT2D eigenvalue weighted by molar-refractivity contribution is 7.89. The lowest BCUT2D eigenvalue weighted by Gasteiger charge is -2.31. The maximum atomic E-state index is 14.0. The Labute approximate surface area is 125 Å². The molecule has 1 N–H and O–H groups in total. The van der Waals surface area contributed by atoms with E-state index in [-0.39, 0.29) is 4.90 Å². The van der Waals surface area contributed by atoms with Crippen molar-refractivity contribution in [3.8, 4) is 0 Å². The highest BCUT2D eigenvalue weighted by atomic mass is 32.2. The molecular weight excluding hydrogens is 293 g/mol. The topological polar surface area (TPSA) is 52.7 Å². The average Bonchev–Trinajstić information content (AvgIpc) is 2.46. The molecule has 118 valence electrons. The highest BCUT2D eigenvalue weighted by Gasteiger charge is 2.29. The fourth-order valence-electron chi connectivity index (χ4n) is 2.29. The van der Waals surface area contributed by atoms with E-state index in [0.717, 1.165) is 12.1 Å². The first kappa shape index (κ1) is 16.4. The van der Waals surface area contributed by atoms with Crippen LogP contribution in [0.25, 0.3) is 0 Å². The van der Waals surface area contributed by atoms with E-state index in [0.29, 0.717) is 32.7 Å². The molecule has 0 aliphatic carbocycles. The number of benzene rings is 1. The Morgan fingerprint density at radius 2 is 1.90 bits per heavy atom. The predicted octanol–water partition coefficient (Wildman–Crippen LogP) is 0.871. The van der Waals surface area contributed by atoms with Crippen LogP contribution in [0.4, 0.5) is 4.39 Å². The minimum absolute atomic E-state index is 0.220. The van der Waals surface area contributed by atoms with Gasteiger partial charge in [-0.3, -0.25) is 0 Å². The van der Waals surface area contributed by atoms with E-state index in [1.807, 2.05) is 14.0 Å². The summed E-state index contributed by atoms with van der Waals surface area (Å²) in [6.07, 6.45) is 0. The van der Waals surface area contributed by atoms with Crippen molar-refractivity contribution in [1.82, 2.24) is 14.5 Å². The maximum absolute atomic E-state index is 14.0. The largest absolute Gasteiger partial charge is 0.313 e. The number of nitrogens with one attached hydrogen (secondary N) is 1. The third kappa shape index (κ3) is 3.79. The Balaban J connectivity index is 2.26. The molecule has 2 rings (SSSR count). The van der Waals surface area contributed by atoms with Crippen LogP contribution in [0.1, 0.15) is 12.5 Å². The molecule has 1 aliphatic rings. The standard InChI is InChI=1S/C14H22FN3O2S/c1-3-16-11-12-4-5-13(15)14(10-12)21(19,20)18-8-6-17(2)7-9-18/h4-5,10,16H,3,6-9,11H2,1-2H3. The summed E-state index contributed by atoms with van der Waals surface area (Å²) < 4.78 is 40.5. The summed E-state index contributed by atoms with van der Waals surface area (Å²) in [5.41, 5.74) is 0.769. The molecule has 0 spiro atoms. The second-order valence-corrected chi connectivity index (χ2v) is 7.16. The number of nitrogens with zero attached hydrogens (tertiary/aromatic N) is 2. The molecule has 5 nitrogen and oxygen atoms in total. The number of rotatable bonds is 5. The van der Waals surface area contributed by atoms with E-state index in [1.165, 1.54) is 16.4 Å². The van der Waals surface area contributed by atoms with E-state index in [4.69, 9.17) is 0 Å². The molecule has 1 saturated heterocycles. The fourth-order valence-corrected chi connectivity index (χ4v) is 3.83. The number of hydrogen-bond acceptors (Lipinski definition) is 4. The van der Waals surface area contributed by atoms with Gasteiger partial charge in [0.2, 0.25) is 10.0 Å². The Morgan fingerprint density at radius 3 is 2.52 bits per heavy atom. The normalized spacial score (nSPS) is 18.0. The molecule has 0 aromatic heterocycles. The van der Waals surface area contributed by atoms with Gasteiger partial charge in [-0.05, 0) is 31.3 Å². The third-order valence-corrected chi connectivity index (χ3v) is 5.57. The fraction of sp³-hybridized carbons (Fsp3) is 0.571. The molecule has 21 heavy (non-hydrogen) atoms. The molecule has 0 bridgehead atoms. The second kappa shape index (κ2) is 6.83. The van der Waals surface area contributed by atoms with Crippen LogP contribution in [0, 0.1) is 5.82 Å². The van der Waals surface area contributed by atoms with Gasteiger partial charge in [0.1, 0.15) is 10.7 Å². The van der Waals surface area contributed by atoms with E-state index in [2.05, 4.69) is 10.2 Å². The van der Waals surface area contributed by atoms with Gasteiger partial charge in [-0.1, -0.05) is 13.0 Å². The molecule has 0 atom stereocenters. The summed E-state index contributed by atoms with van der Waals surface area (Å²) in [7, 11) is -1.81. The van der Waals surface area contributed by atoms with Crippen LogP contribution < -0.4 is 5.32 Å². The zero-order chi connectivity index (χ0) is 15.5. The minimum Gasteiger partial charge on any atom is -0.313 e. The van der Waals surface area contributed by atoms with Crippen LogP contribution in [-0.2, 0) is 16.6 Å². The minimum atomic E-state index is -3.76. The van der Waals surface area contributed by atoms with Crippen molar-refractivity contribution in [3.05, 3.63) is 29.6 Å². The number of piperazine rings is 1. The van der Waals surface area contributed by atoms with Crippen LogP contribution in [-0.4, -0.2) is 57.4 Å². The van der Waals surface area contributed by atoms with Gasteiger partial charge in [-0.2, -0.15) is 4.31 Å². The molecule has 7 heteroatoms. The zero-order valence-electron chi connectivity index (χ0n) is 12.5. The van der Waals surface area contributed by atoms with E-state index in [9.17, 15) is 12.8 Å². The molecule has 0 amide bonds. The zero-order valence-corrected chi connectivity index (χ0v) is 13.3. The van der Waals surface area contributed by atoms with Gasteiger partial charge in [-0.25, -0.2) is 12.8 Å². The van der Waals surface area contributed by atoms with E-state index in [1.54, 1.807) is 6.07 Å². The van der Waals surface area contributed by atoms with Gasteiger partial charge in [0.25, 0.3) is 0 Å². The van der Waals surface area contributed by atoms with Gasteiger partial charge in [0, 0.05) is 32.7 Å². The van der Waals surface area contributed by atoms with Crippen LogP contribution >= 0.6 is 0 Å². The van der Waals surface area contributed by atoms with E-state index < -0.39 is 15.8 Å². The van der Waals surface area contributed by atoms with Gasteiger partial charge >= 0.3 is 0 Å². The lowest BCUT2D eigenvalue weighted by Crippen LogP contribution is -2.47. The molecular formula is C14H22FN3O2S. The monoisotopic (exact) mass is 315 g/mol. The summed E-state index contributed by atoms with van der Waals surface area (Å²) in [6, 6.07) is 4.28. The van der Waals surface area contributed by atoms with Crippen molar-refractivity contribution in [1.29, 1.82) is 0 Å². The average molecular weight is 315 g/mol. The first-order valence-electron chi connectivity index (χ1n) is 7.13. The summed E-state index contributed by atoms with van der Waals surface area (Å²) in [4.78, 5) is 1.84. The molecule has 1 aromatic rings. The molecule has 1 fully saturated rings. The summed E-state index contributed by atoms with van der Waals surface area (Å²) in [6.45, 7) is 5.40. The van der Waals surface area contributed by atoms with Gasteiger partial charge in [-0.15, -0.1) is 0 Å². The van der Waals surface area contributed by atoms with Gasteiger partial charge in [0.05, 0.1) is 0 Å². The van der Waals surface area contributed by atoms with Crippen LogP contribution in [0.2, 0.25) is 0 Å². The lowest BCUT2D eigenvalue weighted by molar-refractivity contribution is 0.222. The van der Waals surface area contributed by atoms with Crippen molar-refractivity contribution >= 4 is 10.0 Å². The molecule has 0 saturated carbocycles. The van der Waals surface area contributed by atoms with Crippen LogP contribution in [0.15, 0.2) is 23.1 Å². The Hall–Kier alpha value is -1.02. The lowest BCUT2D eigenvalue weighted by atomic mass is 10.2. The molecule has 1 aromatic carbocycles. The predicted molar refractivity (Wildman–Crippen MR) is 80.0 cm³/mol. The number of likely N-dealkylation sites (N-methyl/N-ethyl adjacent to an activating group) is 1. The van der Waals surface area contributed by atoms with Crippen molar-refractivity contribution in [2.75, 3.05) is 39.8 Å². The van der Waals surface area contributed by atoms with Crippen LogP contribution in [0.5, 0.6) is 0 Å². The number of halogens is 1. The van der Waals surface area contributed by atoms with E-state index >= 15 is 0 Å². The SMILES string of the molecule is CCNCc1ccc(F)c(S(=O)(=O)N2CCN(C)CC2)c1. The van der Waals surface area contributed by atoms with Gasteiger partial charge < -0.3 is 10.2 Å². The number of sulfonamides is 1. The Bertz CT molecular complexity index is 584. The van der Waals surface area contributed by atoms with Crippen molar-refractivity contribution < 1.29 is 12.8 Å². The van der Waals surface area contributed by atoms with Crippen LogP contribution in [0.3, 0.4) is 0 Å². The summed E-state index contributed by atoms with van der Waals surface area (Å²) in [5, 5.41) is 3.11. The molecule has 0 radical (unpaired) electrons. The summed E-state index contributed by atoms with van der Waals surface area (Å²) >= 11 is 0. The molecule has 1 heterocycles.